The third-order valence-electron chi connectivity index (χ3n) is 1.89. The molecule has 86 valence electrons. The first-order chi connectivity index (χ1) is 7.65. The van der Waals surface area contributed by atoms with Gasteiger partial charge in [0.25, 0.3) is 5.91 Å². The zero-order chi connectivity index (χ0) is 12.0. The number of hydrogen-bond acceptors (Lipinski definition) is 3. The van der Waals surface area contributed by atoms with E-state index in [1.807, 2.05) is 19.9 Å². The summed E-state index contributed by atoms with van der Waals surface area (Å²) in [5.74, 6) is 0.576. The Hall–Kier alpha value is -1.84. The molecule has 0 aromatic heterocycles. The number of nitrogens with zero attached hydrogens (tertiary/aromatic N) is 1. The molecule has 0 spiro atoms. The van der Waals surface area contributed by atoms with E-state index in [1.165, 1.54) is 7.11 Å². The Kier molecular flexibility index (Phi) is 4.51. The Bertz CT molecular complexity index is 386. The Labute approximate surface area is 95.3 Å². The van der Waals surface area contributed by atoms with Crippen molar-refractivity contribution < 1.29 is 9.53 Å². The SMILES string of the molecule is COc1ccccc1C(=O)NN=CC(C)C. The molecule has 0 unspecified atom stereocenters. The Morgan fingerprint density at radius 1 is 1.44 bits per heavy atom. The summed E-state index contributed by atoms with van der Waals surface area (Å²) in [5.41, 5.74) is 2.93. The highest BCUT2D eigenvalue weighted by molar-refractivity contribution is 5.97. The van der Waals surface area contributed by atoms with Crippen LogP contribution in [0.3, 0.4) is 0 Å². The van der Waals surface area contributed by atoms with E-state index < -0.39 is 0 Å². The van der Waals surface area contributed by atoms with Crippen LogP contribution in [0.5, 0.6) is 5.75 Å². The van der Waals surface area contributed by atoms with E-state index in [0.29, 0.717) is 17.2 Å². The van der Waals surface area contributed by atoms with Crippen molar-refractivity contribution in [2.24, 2.45) is 11.0 Å². The van der Waals surface area contributed by atoms with E-state index in [4.69, 9.17) is 4.74 Å². The minimum atomic E-state index is -0.269. The molecule has 0 bridgehead atoms. The maximum Gasteiger partial charge on any atom is 0.275 e. The fourth-order valence-corrected chi connectivity index (χ4v) is 1.14. The van der Waals surface area contributed by atoms with Gasteiger partial charge in [-0.3, -0.25) is 4.79 Å². The van der Waals surface area contributed by atoms with E-state index in [9.17, 15) is 4.79 Å². The monoisotopic (exact) mass is 220 g/mol. The molecule has 4 heteroatoms. The minimum Gasteiger partial charge on any atom is -0.496 e. The van der Waals surface area contributed by atoms with Gasteiger partial charge in [-0.05, 0) is 18.1 Å². The third kappa shape index (κ3) is 3.38. The molecule has 1 N–H and O–H groups in total. The maximum absolute atomic E-state index is 11.7. The van der Waals surface area contributed by atoms with Gasteiger partial charge in [0, 0.05) is 6.21 Å². The average molecular weight is 220 g/mol. The van der Waals surface area contributed by atoms with Gasteiger partial charge in [0.15, 0.2) is 0 Å². The average Bonchev–Trinajstić information content (AvgIpc) is 2.28. The number of carbonyl (C=O) groups excluding carboxylic acids is 1. The predicted octanol–water partition coefficient (Wildman–Crippen LogP) is 2.07. The van der Waals surface area contributed by atoms with Crippen molar-refractivity contribution in [3.05, 3.63) is 29.8 Å². The van der Waals surface area contributed by atoms with Crippen molar-refractivity contribution >= 4 is 12.1 Å². The van der Waals surface area contributed by atoms with Gasteiger partial charge >= 0.3 is 0 Å². The number of amides is 1. The molecule has 16 heavy (non-hydrogen) atoms. The van der Waals surface area contributed by atoms with Gasteiger partial charge in [-0.15, -0.1) is 0 Å². The molecule has 0 aliphatic rings. The van der Waals surface area contributed by atoms with Crippen LogP contribution in [0.15, 0.2) is 29.4 Å². The van der Waals surface area contributed by atoms with Crippen molar-refractivity contribution in [2.75, 3.05) is 7.11 Å². The first-order valence-corrected chi connectivity index (χ1v) is 5.11. The van der Waals surface area contributed by atoms with Crippen LogP contribution in [-0.2, 0) is 0 Å². The normalized spacial score (nSPS) is 10.8. The van der Waals surface area contributed by atoms with E-state index in [2.05, 4.69) is 10.5 Å². The lowest BCUT2D eigenvalue weighted by molar-refractivity contribution is 0.0952. The van der Waals surface area contributed by atoms with E-state index in [0.717, 1.165) is 0 Å². The lowest BCUT2D eigenvalue weighted by Crippen LogP contribution is -2.18. The number of nitrogens with one attached hydrogen (secondary N) is 1. The van der Waals surface area contributed by atoms with Gasteiger partial charge in [0.1, 0.15) is 5.75 Å². The molecule has 0 atom stereocenters. The lowest BCUT2D eigenvalue weighted by Gasteiger charge is -2.06. The summed E-state index contributed by atoms with van der Waals surface area (Å²) in [5, 5.41) is 3.84. The zero-order valence-electron chi connectivity index (χ0n) is 9.73. The molecule has 0 saturated heterocycles. The van der Waals surface area contributed by atoms with Gasteiger partial charge in [0.05, 0.1) is 12.7 Å². The van der Waals surface area contributed by atoms with Crippen molar-refractivity contribution in [2.45, 2.75) is 13.8 Å². The fraction of sp³-hybridized carbons (Fsp3) is 0.333. The first-order valence-electron chi connectivity index (χ1n) is 5.11. The van der Waals surface area contributed by atoms with Gasteiger partial charge < -0.3 is 4.74 Å². The summed E-state index contributed by atoms with van der Waals surface area (Å²) < 4.78 is 5.08. The lowest BCUT2D eigenvalue weighted by atomic mass is 10.2. The number of rotatable bonds is 4. The van der Waals surface area contributed by atoms with E-state index in [-0.39, 0.29) is 5.91 Å². The zero-order valence-corrected chi connectivity index (χ0v) is 9.73. The summed E-state index contributed by atoms with van der Waals surface area (Å²) in [6.45, 7) is 3.97. The van der Waals surface area contributed by atoms with Crippen LogP contribution in [0.25, 0.3) is 0 Å². The summed E-state index contributed by atoms with van der Waals surface area (Å²) in [4.78, 5) is 11.7. The molecular weight excluding hydrogens is 204 g/mol. The predicted molar refractivity (Wildman–Crippen MR) is 63.8 cm³/mol. The molecule has 1 aromatic rings. The highest BCUT2D eigenvalue weighted by Crippen LogP contribution is 2.16. The second-order valence-electron chi connectivity index (χ2n) is 3.66. The van der Waals surface area contributed by atoms with Crippen molar-refractivity contribution in [3.63, 3.8) is 0 Å². The molecular formula is C12H16N2O2. The molecule has 0 saturated carbocycles. The Balaban J connectivity index is 2.73. The number of benzene rings is 1. The number of ether oxygens (including phenoxy) is 1. The molecule has 1 rings (SSSR count). The van der Waals surface area contributed by atoms with Crippen LogP contribution in [0.4, 0.5) is 0 Å². The highest BCUT2D eigenvalue weighted by Gasteiger charge is 2.09. The molecule has 1 aromatic carbocycles. The van der Waals surface area contributed by atoms with Crippen molar-refractivity contribution in [1.29, 1.82) is 0 Å². The second kappa shape index (κ2) is 5.90. The molecule has 0 radical (unpaired) electrons. The number of hydrazone groups is 1. The van der Waals surface area contributed by atoms with Crippen LogP contribution in [0.2, 0.25) is 0 Å². The second-order valence-corrected chi connectivity index (χ2v) is 3.66. The largest absolute Gasteiger partial charge is 0.496 e. The topological polar surface area (TPSA) is 50.7 Å². The Morgan fingerprint density at radius 3 is 2.75 bits per heavy atom. The summed E-state index contributed by atoms with van der Waals surface area (Å²) in [7, 11) is 1.53. The van der Waals surface area contributed by atoms with Crippen LogP contribution in [0.1, 0.15) is 24.2 Å². The molecule has 4 nitrogen and oxygen atoms in total. The number of hydrogen-bond donors (Lipinski definition) is 1. The molecule has 0 heterocycles. The molecule has 0 aliphatic carbocycles. The number of carbonyl (C=O) groups is 1. The van der Waals surface area contributed by atoms with Crippen molar-refractivity contribution in [3.8, 4) is 5.75 Å². The third-order valence-corrected chi connectivity index (χ3v) is 1.89. The smallest absolute Gasteiger partial charge is 0.275 e. The maximum atomic E-state index is 11.7. The van der Waals surface area contributed by atoms with Gasteiger partial charge in [-0.1, -0.05) is 26.0 Å². The van der Waals surface area contributed by atoms with Gasteiger partial charge in [0.2, 0.25) is 0 Å². The molecule has 0 fully saturated rings. The van der Waals surface area contributed by atoms with Crippen LogP contribution in [0, 0.1) is 5.92 Å². The fourth-order valence-electron chi connectivity index (χ4n) is 1.14. The van der Waals surface area contributed by atoms with E-state index >= 15 is 0 Å². The Morgan fingerprint density at radius 2 is 2.12 bits per heavy atom. The van der Waals surface area contributed by atoms with Crippen LogP contribution < -0.4 is 10.2 Å². The van der Waals surface area contributed by atoms with Crippen molar-refractivity contribution in [1.82, 2.24) is 5.43 Å². The van der Waals surface area contributed by atoms with Crippen LogP contribution in [-0.4, -0.2) is 19.2 Å². The minimum absolute atomic E-state index is 0.269. The summed E-state index contributed by atoms with van der Waals surface area (Å²) >= 11 is 0. The quantitative estimate of drug-likeness (QED) is 0.623. The highest BCUT2D eigenvalue weighted by atomic mass is 16.5. The standard InChI is InChI=1S/C12H16N2O2/c1-9(2)8-13-14-12(15)10-6-4-5-7-11(10)16-3/h4-9H,1-3H3,(H,14,15). The van der Waals surface area contributed by atoms with Gasteiger partial charge in [-0.2, -0.15) is 5.10 Å². The number of para-hydroxylation sites is 1. The summed E-state index contributed by atoms with van der Waals surface area (Å²) in [6.07, 6.45) is 1.67. The van der Waals surface area contributed by atoms with Crippen LogP contribution >= 0.6 is 0 Å². The number of methoxy groups -OCH3 is 1. The summed E-state index contributed by atoms with van der Waals surface area (Å²) in [6, 6.07) is 7.02. The molecule has 1 amide bonds. The first kappa shape index (κ1) is 12.2. The molecule has 0 aliphatic heterocycles. The van der Waals surface area contributed by atoms with Gasteiger partial charge in [-0.25, -0.2) is 5.43 Å². The van der Waals surface area contributed by atoms with E-state index in [1.54, 1.807) is 24.4 Å².